The summed E-state index contributed by atoms with van der Waals surface area (Å²) in [7, 11) is 0. The standard InChI is InChI=1S/C10H18N2O/c1-5-7-11-8-9(13)12-10(3,4)6-2/h2,11H,5,7-8H2,1,3-4H3,(H,12,13). The number of nitrogens with one attached hydrogen (secondary N) is 2. The maximum atomic E-state index is 11.2. The second kappa shape index (κ2) is 5.60. The summed E-state index contributed by atoms with van der Waals surface area (Å²) in [4.78, 5) is 11.2. The van der Waals surface area contributed by atoms with Crippen LogP contribution in [0.5, 0.6) is 0 Å². The molecule has 0 aliphatic carbocycles. The average Bonchev–Trinajstić information content (AvgIpc) is 2.04. The molecule has 2 N–H and O–H groups in total. The summed E-state index contributed by atoms with van der Waals surface area (Å²) in [6.45, 7) is 6.83. The third-order valence-electron chi connectivity index (χ3n) is 1.53. The molecule has 0 fully saturated rings. The molecule has 3 nitrogen and oxygen atoms in total. The zero-order valence-corrected chi connectivity index (χ0v) is 8.61. The minimum atomic E-state index is -0.551. The van der Waals surface area contributed by atoms with Crippen molar-refractivity contribution in [3.8, 4) is 12.3 Å². The molecule has 0 radical (unpaired) electrons. The normalized spacial score (nSPS) is 10.6. The Hall–Kier alpha value is -1.01. The van der Waals surface area contributed by atoms with E-state index in [1.165, 1.54) is 0 Å². The average molecular weight is 182 g/mol. The lowest BCUT2D eigenvalue weighted by atomic mass is 10.1. The van der Waals surface area contributed by atoms with Crippen LogP contribution in [0.4, 0.5) is 0 Å². The molecule has 3 heteroatoms. The van der Waals surface area contributed by atoms with Crippen LogP contribution >= 0.6 is 0 Å². The first-order chi connectivity index (χ1) is 6.02. The van der Waals surface area contributed by atoms with E-state index >= 15 is 0 Å². The van der Waals surface area contributed by atoms with Gasteiger partial charge in [0.15, 0.2) is 0 Å². The Bertz CT molecular complexity index is 203. The SMILES string of the molecule is C#CC(C)(C)NC(=O)CNCCC. The highest BCUT2D eigenvalue weighted by Gasteiger charge is 2.15. The molecule has 0 rings (SSSR count). The molecule has 0 aliphatic heterocycles. The first-order valence-electron chi connectivity index (χ1n) is 4.51. The van der Waals surface area contributed by atoms with Gasteiger partial charge < -0.3 is 10.6 Å². The van der Waals surface area contributed by atoms with Crippen molar-refractivity contribution < 1.29 is 4.79 Å². The molecule has 13 heavy (non-hydrogen) atoms. The Balaban J connectivity index is 3.70. The summed E-state index contributed by atoms with van der Waals surface area (Å²) in [6.07, 6.45) is 6.24. The maximum absolute atomic E-state index is 11.2. The van der Waals surface area contributed by atoms with Crippen LogP contribution in [-0.2, 0) is 4.79 Å². The van der Waals surface area contributed by atoms with Crippen LogP contribution in [0.3, 0.4) is 0 Å². The molecule has 0 saturated carbocycles. The molecule has 0 aromatic heterocycles. The monoisotopic (exact) mass is 182 g/mol. The van der Waals surface area contributed by atoms with Crippen LogP contribution in [0.1, 0.15) is 27.2 Å². The van der Waals surface area contributed by atoms with Gasteiger partial charge in [0, 0.05) is 0 Å². The van der Waals surface area contributed by atoms with E-state index in [1.807, 2.05) is 0 Å². The van der Waals surface area contributed by atoms with Gasteiger partial charge in [-0.25, -0.2) is 0 Å². The summed E-state index contributed by atoms with van der Waals surface area (Å²) in [6, 6.07) is 0. The lowest BCUT2D eigenvalue weighted by Gasteiger charge is -2.19. The van der Waals surface area contributed by atoms with E-state index in [-0.39, 0.29) is 5.91 Å². The molecule has 1 amide bonds. The second-order valence-corrected chi connectivity index (χ2v) is 3.49. The summed E-state index contributed by atoms with van der Waals surface area (Å²) >= 11 is 0. The van der Waals surface area contributed by atoms with E-state index in [9.17, 15) is 4.79 Å². The second-order valence-electron chi connectivity index (χ2n) is 3.49. The van der Waals surface area contributed by atoms with Crippen LogP contribution in [-0.4, -0.2) is 24.5 Å². The number of carbonyl (C=O) groups excluding carboxylic acids is 1. The lowest BCUT2D eigenvalue weighted by molar-refractivity contribution is -0.121. The smallest absolute Gasteiger partial charge is 0.235 e. The third-order valence-corrected chi connectivity index (χ3v) is 1.53. The van der Waals surface area contributed by atoms with Gasteiger partial charge in [0.25, 0.3) is 0 Å². The number of rotatable bonds is 5. The van der Waals surface area contributed by atoms with Gasteiger partial charge in [-0.2, -0.15) is 0 Å². The number of amides is 1. The Kier molecular flexibility index (Phi) is 5.17. The zero-order chi connectivity index (χ0) is 10.3. The van der Waals surface area contributed by atoms with Gasteiger partial charge in [-0.05, 0) is 26.8 Å². The van der Waals surface area contributed by atoms with Crippen LogP contribution in [0.15, 0.2) is 0 Å². The number of hydrogen-bond acceptors (Lipinski definition) is 2. The first kappa shape index (κ1) is 12.0. The number of carbonyl (C=O) groups is 1. The predicted octanol–water partition coefficient (Wildman–Crippen LogP) is 0.514. The fourth-order valence-electron chi connectivity index (χ4n) is 0.808. The molecule has 0 heterocycles. The first-order valence-corrected chi connectivity index (χ1v) is 4.51. The van der Waals surface area contributed by atoms with Gasteiger partial charge in [0.2, 0.25) is 5.91 Å². The third kappa shape index (κ3) is 6.18. The quantitative estimate of drug-likeness (QED) is 0.480. The van der Waals surface area contributed by atoms with Crippen molar-refractivity contribution in [2.24, 2.45) is 0 Å². The molecule has 0 aliphatic rings. The molecule has 0 saturated heterocycles. The minimum Gasteiger partial charge on any atom is -0.339 e. The minimum absolute atomic E-state index is 0.0589. The highest BCUT2D eigenvalue weighted by atomic mass is 16.2. The highest BCUT2D eigenvalue weighted by molar-refractivity contribution is 5.79. The van der Waals surface area contributed by atoms with E-state index < -0.39 is 5.54 Å². The molecule has 0 unspecified atom stereocenters. The largest absolute Gasteiger partial charge is 0.339 e. The van der Waals surface area contributed by atoms with Gasteiger partial charge in [-0.15, -0.1) is 6.42 Å². The molecular weight excluding hydrogens is 164 g/mol. The maximum Gasteiger partial charge on any atom is 0.235 e. The van der Waals surface area contributed by atoms with Crippen LogP contribution < -0.4 is 10.6 Å². The van der Waals surface area contributed by atoms with E-state index in [4.69, 9.17) is 6.42 Å². The van der Waals surface area contributed by atoms with Crippen molar-refractivity contribution in [1.82, 2.24) is 10.6 Å². The Morgan fingerprint density at radius 1 is 1.54 bits per heavy atom. The van der Waals surface area contributed by atoms with E-state index in [0.717, 1.165) is 13.0 Å². The summed E-state index contributed by atoms with van der Waals surface area (Å²) in [5.41, 5.74) is -0.551. The highest BCUT2D eigenvalue weighted by Crippen LogP contribution is 1.97. The van der Waals surface area contributed by atoms with E-state index in [1.54, 1.807) is 13.8 Å². The van der Waals surface area contributed by atoms with Crippen molar-refractivity contribution in [2.75, 3.05) is 13.1 Å². The molecule has 0 atom stereocenters. The van der Waals surface area contributed by atoms with Crippen molar-refractivity contribution in [2.45, 2.75) is 32.7 Å². The molecule has 0 bridgehead atoms. The van der Waals surface area contributed by atoms with Crippen molar-refractivity contribution in [3.05, 3.63) is 0 Å². The number of terminal acetylenes is 1. The summed E-state index contributed by atoms with van der Waals surface area (Å²) < 4.78 is 0. The van der Waals surface area contributed by atoms with Gasteiger partial charge in [-0.3, -0.25) is 4.79 Å². The van der Waals surface area contributed by atoms with Gasteiger partial charge in [-0.1, -0.05) is 12.8 Å². The summed E-state index contributed by atoms with van der Waals surface area (Å²) in [5, 5.41) is 5.73. The Morgan fingerprint density at radius 2 is 2.15 bits per heavy atom. The fourth-order valence-corrected chi connectivity index (χ4v) is 0.808. The molecular formula is C10H18N2O. The Morgan fingerprint density at radius 3 is 2.62 bits per heavy atom. The molecule has 74 valence electrons. The fraction of sp³-hybridized carbons (Fsp3) is 0.700. The van der Waals surface area contributed by atoms with Gasteiger partial charge in [0.05, 0.1) is 12.1 Å². The Labute approximate surface area is 80.3 Å². The topological polar surface area (TPSA) is 41.1 Å². The van der Waals surface area contributed by atoms with Gasteiger partial charge >= 0.3 is 0 Å². The van der Waals surface area contributed by atoms with E-state index in [0.29, 0.717) is 6.54 Å². The number of hydrogen-bond donors (Lipinski definition) is 2. The summed E-state index contributed by atoms with van der Waals surface area (Å²) in [5.74, 6) is 2.44. The van der Waals surface area contributed by atoms with Crippen molar-refractivity contribution in [1.29, 1.82) is 0 Å². The van der Waals surface area contributed by atoms with Crippen LogP contribution in [0.2, 0.25) is 0 Å². The van der Waals surface area contributed by atoms with Crippen molar-refractivity contribution in [3.63, 3.8) is 0 Å². The predicted molar refractivity (Wildman–Crippen MR) is 54.2 cm³/mol. The van der Waals surface area contributed by atoms with Crippen molar-refractivity contribution >= 4 is 5.91 Å². The zero-order valence-electron chi connectivity index (χ0n) is 8.61. The molecule has 0 spiro atoms. The molecule has 0 aromatic carbocycles. The van der Waals surface area contributed by atoms with Crippen LogP contribution in [0.25, 0.3) is 0 Å². The van der Waals surface area contributed by atoms with Crippen LogP contribution in [0, 0.1) is 12.3 Å². The van der Waals surface area contributed by atoms with E-state index in [2.05, 4.69) is 23.5 Å². The molecule has 0 aromatic rings. The lowest BCUT2D eigenvalue weighted by Crippen LogP contribution is -2.46. The van der Waals surface area contributed by atoms with Gasteiger partial charge in [0.1, 0.15) is 0 Å².